The highest BCUT2D eigenvalue weighted by Gasteiger charge is 2.42. The van der Waals surface area contributed by atoms with E-state index in [1.165, 1.54) is 11.0 Å². The molecule has 1 aromatic carbocycles. The number of imide groups is 1. The molecule has 7 nitrogen and oxygen atoms in total. The summed E-state index contributed by atoms with van der Waals surface area (Å²) < 4.78 is 0. The molecule has 2 aromatic rings. The van der Waals surface area contributed by atoms with Crippen LogP contribution in [0.15, 0.2) is 42.7 Å². The van der Waals surface area contributed by atoms with E-state index in [9.17, 15) is 14.4 Å². The molecular formula is C21H22N4O3. The minimum absolute atomic E-state index is 0.170. The summed E-state index contributed by atoms with van der Waals surface area (Å²) in [6.45, 7) is 2.47. The molecule has 1 aliphatic heterocycles. The van der Waals surface area contributed by atoms with Gasteiger partial charge >= 0.3 is 0 Å². The molecule has 0 bridgehead atoms. The number of benzene rings is 1. The molecule has 0 spiro atoms. The molecule has 1 aliphatic carbocycles. The van der Waals surface area contributed by atoms with Crippen molar-refractivity contribution >= 4 is 17.7 Å². The molecule has 1 fully saturated rings. The summed E-state index contributed by atoms with van der Waals surface area (Å²) >= 11 is 0. The van der Waals surface area contributed by atoms with Crippen molar-refractivity contribution < 1.29 is 14.4 Å². The lowest BCUT2D eigenvalue weighted by atomic mass is 9.95. The summed E-state index contributed by atoms with van der Waals surface area (Å²) in [4.78, 5) is 43.3. The Kier molecular flexibility index (Phi) is 4.47. The van der Waals surface area contributed by atoms with Gasteiger partial charge in [0.1, 0.15) is 0 Å². The Hall–Kier alpha value is -3.06. The first-order valence-corrected chi connectivity index (χ1v) is 9.34. The van der Waals surface area contributed by atoms with Crippen molar-refractivity contribution in [1.82, 2.24) is 15.2 Å². The summed E-state index contributed by atoms with van der Waals surface area (Å²) in [5.41, 5.74) is 7.16. The highest BCUT2D eigenvalue weighted by Crippen LogP contribution is 2.39. The maximum absolute atomic E-state index is 12.8. The molecule has 144 valence electrons. The van der Waals surface area contributed by atoms with Gasteiger partial charge in [-0.1, -0.05) is 0 Å². The molecule has 1 aromatic heterocycles. The summed E-state index contributed by atoms with van der Waals surface area (Å²) in [6, 6.07) is 8.15. The molecule has 0 saturated heterocycles. The van der Waals surface area contributed by atoms with E-state index < -0.39 is 11.4 Å². The van der Waals surface area contributed by atoms with Gasteiger partial charge in [0.2, 0.25) is 0 Å². The number of hydrogen-bond donors (Lipinski definition) is 2. The zero-order valence-electron chi connectivity index (χ0n) is 15.6. The van der Waals surface area contributed by atoms with E-state index in [1.54, 1.807) is 36.7 Å². The maximum atomic E-state index is 12.8. The molecule has 4 rings (SSSR count). The third-order valence-corrected chi connectivity index (χ3v) is 5.62. The molecule has 2 aliphatic rings. The number of fused-ring (bicyclic) bond motifs is 1. The molecule has 1 atom stereocenters. The van der Waals surface area contributed by atoms with E-state index in [-0.39, 0.29) is 23.9 Å². The van der Waals surface area contributed by atoms with E-state index in [0.717, 1.165) is 18.4 Å². The first kappa shape index (κ1) is 18.3. The van der Waals surface area contributed by atoms with Crippen molar-refractivity contribution in [3.63, 3.8) is 0 Å². The van der Waals surface area contributed by atoms with Crippen molar-refractivity contribution in [2.75, 3.05) is 6.54 Å². The topological polar surface area (TPSA) is 105 Å². The molecule has 1 unspecified atom stereocenters. The SMILES string of the molecule is CC(CN)(NC(=O)c1ccc2c(c1)C(=O)N(Cc1ccncc1)C2=O)C1CC1. The molecule has 0 radical (unpaired) electrons. The van der Waals surface area contributed by atoms with Gasteiger partial charge in [-0.3, -0.25) is 24.3 Å². The number of rotatable bonds is 6. The first-order chi connectivity index (χ1) is 13.4. The van der Waals surface area contributed by atoms with Gasteiger partial charge in [-0.15, -0.1) is 0 Å². The minimum Gasteiger partial charge on any atom is -0.345 e. The number of amides is 3. The number of nitrogens with zero attached hydrogens (tertiary/aromatic N) is 2. The summed E-state index contributed by atoms with van der Waals surface area (Å²) in [5.74, 6) is -0.644. The van der Waals surface area contributed by atoms with Gasteiger partial charge in [0.25, 0.3) is 17.7 Å². The van der Waals surface area contributed by atoms with Crippen LogP contribution >= 0.6 is 0 Å². The maximum Gasteiger partial charge on any atom is 0.261 e. The minimum atomic E-state index is -0.455. The Balaban J connectivity index is 1.56. The fourth-order valence-corrected chi connectivity index (χ4v) is 3.62. The van der Waals surface area contributed by atoms with Crippen LogP contribution in [-0.2, 0) is 6.54 Å². The van der Waals surface area contributed by atoms with E-state index in [2.05, 4.69) is 10.3 Å². The highest BCUT2D eigenvalue weighted by molar-refractivity contribution is 6.22. The molecular weight excluding hydrogens is 356 g/mol. The number of carbonyl (C=O) groups excluding carboxylic acids is 3. The van der Waals surface area contributed by atoms with Gasteiger partial charge in [-0.05, 0) is 61.6 Å². The van der Waals surface area contributed by atoms with Gasteiger partial charge in [-0.25, -0.2) is 0 Å². The second-order valence-corrected chi connectivity index (χ2v) is 7.66. The Morgan fingerprint density at radius 2 is 1.86 bits per heavy atom. The smallest absolute Gasteiger partial charge is 0.261 e. The number of carbonyl (C=O) groups is 3. The van der Waals surface area contributed by atoms with Gasteiger partial charge in [-0.2, -0.15) is 0 Å². The Morgan fingerprint density at radius 1 is 1.18 bits per heavy atom. The number of aromatic nitrogens is 1. The third-order valence-electron chi connectivity index (χ3n) is 5.62. The fourth-order valence-electron chi connectivity index (χ4n) is 3.62. The average molecular weight is 378 g/mol. The van der Waals surface area contributed by atoms with Crippen molar-refractivity contribution in [3.05, 3.63) is 65.0 Å². The summed E-state index contributed by atoms with van der Waals surface area (Å²) in [7, 11) is 0. The lowest BCUT2D eigenvalue weighted by Crippen LogP contribution is -2.53. The van der Waals surface area contributed by atoms with Crippen LogP contribution in [0.3, 0.4) is 0 Å². The molecule has 7 heteroatoms. The zero-order chi connectivity index (χ0) is 19.9. The van der Waals surface area contributed by atoms with E-state index >= 15 is 0 Å². The van der Waals surface area contributed by atoms with Crippen LogP contribution in [-0.4, -0.2) is 39.7 Å². The quantitative estimate of drug-likeness (QED) is 0.745. The zero-order valence-corrected chi connectivity index (χ0v) is 15.6. The molecule has 28 heavy (non-hydrogen) atoms. The molecule has 3 N–H and O–H groups in total. The van der Waals surface area contributed by atoms with E-state index in [1.807, 2.05) is 6.92 Å². The van der Waals surface area contributed by atoms with Gasteiger partial charge < -0.3 is 11.1 Å². The van der Waals surface area contributed by atoms with Gasteiger partial charge in [0, 0.05) is 24.5 Å². The third kappa shape index (κ3) is 3.18. The largest absolute Gasteiger partial charge is 0.345 e. The summed E-state index contributed by atoms with van der Waals surface area (Å²) in [6.07, 6.45) is 5.33. The van der Waals surface area contributed by atoms with Crippen LogP contribution in [0.5, 0.6) is 0 Å². The average Bonchev–Trinajstić information content (AvgIpc) is 3.54. The fraction of sp³-hybridized carbons (Fsp3) is 0.333. The monoisotopic (exact) mass is 378 g/mol. The van der Waals surface area contributed by atoms with Crippen LogP contribution < -0.4 is 11.1 Å². The van der Waals surface area contributed by atoms with Crippen molar-refractivity contribution in [2.45, 2.75) is 31.8 Å². The van der Waals surface area contributed by atoms with Crippen molar-refractivity contribution in [3.8, 4) is 0 Å². The summed E-state index contributed by atoms with van der Waals surface area (Å²) in [5, 5.41) is 3.01. The second-order valence-electron chi connectivity index (χ2n) is 7.66. The molecule has 2 heterocycles. The van der Waals surface area contributed by atoms with Crippen LogP contribution in [0.4, 0.5) is 0 Å². The number of hydrogen-bond acceptors (Lipinski definition) is 5. The van der Waals surface area contributed by atoms with E-state index in [0.29, 0.717) is 23.6 Å². The van der Waals surface area contributed by atoms with Crippen molar-refractivity contribution in [1.29, 1.82) is 0 Å². The van der Waals surface area contributed by atoms with Crippen LogP contribution in [0.25, 0.3) is 0 Å². The Labute approximate surface area is 162 Å². The predicted octanol–water partition coefficient (Wildman–Crippen LogP) is 1.73. The molecule has 3 amide bonds. The Bertz CT molecular complexity index is 955. The van der Waals surface area contributed by atoms with E-state index in [4.69, 9.17) is 5.73 Å². The number of pyridine rings is 1. The highest BCUT2D eigenvalue weighted by atomic mass is 16.2. The lowest BCUT2D eigenvalue weighted by Gasteiger charge is -2.29. The lowest BCUT2D eigenvalue weighted by molar-refractivity contribution is 0.0642. The van der Waals surface area contributed by atoms with Crippen LogP contribution in [0.2, 0.25) is 0 Å². The number of nitrogens with one attached hydrogen (secondary N) is 1. The van der Waals surface area contributed by atoms with Crippen molar-refractivity contribution in [2.24, 2.45) is 11.7 Å². The number of nitrogens with two attached hydrogens (primary N) is 1. The predicted molar refractivity (Wildman–Crippen MR) is 103 cm³/mol. The van der Waals surface area contributed by atoms with Crippen LogP contribution in [0.1, 0.15) is 56.4 Å². The first-order valence-electron chi connectivity index (χ1n) is 9.34. The van der Waals surface area contributed by atoms with Crippen LogP contribution in [0, 0.1) is 5.92 Å². The Morgan fingerprint density at radius 3 is 2.50 bits per heavy atom. The second kappa shape index (κ2) is 6.83. The van der Waals surface area contributed by atoms with Gasteiger partial charge in [0.15, 0.2) is 0 Å². The van der Waals surface area contributed by atoms with Gasteiger partial charge in [0.05, 0.1) is 23.2 Å². The normalized spacial score (nSPS) is 18.0. The standard InChI is InChI=1S/C21H22N4O3/c1-21(12-22,15-3-4-15)24-18(26)14-2-5-16-17(10-14)20(28)25(19(16)27)11-13-6-8-23-9-7-13/h2,5-10,15H,3-4,11-12,22H2,1H3,(H,24,26). The molecule has 1 saturated carbocycles.